The van der Waals surface area contributed by atoms with Gasteiger partial charge in [0.2, 0.25) is 0 Å². The number of rotatable bonds is 4. The Morgan fingerprint density at radius 3 is 2.76 bits per heavy atom. The van der Waals surface area contributed by atoms with Crippen molar-refractivity contribution in [1.29, 1.82) is 0 Å². The molecule has 2 bridgehead atoms. The summed E-state index contributed by atoms with van der Waals surface area (Å²) in [6.45, 7) is 2.11. The van der Waals surface area contributed by atoms with Crippen LogP contribution in [0.3, 0.4) is 0 Å². The predicted molar refractivity (Wildman–Crippen MR) is 101 cm³/mol. The van der Waals surface area contributed by atoms with Gasteiger partial charge in [-0.2, -0.15) is 0 Å². The molecule has 0 spiro atoms. The second-order valence-electron chi connectivity index (χ2n) is 7.29. The molecule has 2 fully saturated rings. The molecule has 0 saturated carbocycles. The maximum absolute atomic E-state index is 10.6. The van der Waals surface area contributed by atoms with Crippen LogP contribution >= 0.6 is 0 Å². The number of hydrogen-bond donors (Lipinski definition) is 2. The lowest BCUT2D eigenvalue weighted by atomic mass is 9.73. The first-order valence-electron chi connectivity index (χ1n) is 9.24. The van der Waals surface area contributed by atoms with Crippen molar-refractivity contribution in [1.82, 2.24) is 5.32 Å². The van der Waals surface area contributed by atoms with Crippen molar-refractivity contribution in [2.75, 3.05) is 7.11 Å². The van der Waals surface area contributed by atoms with Crippen LogP contribution in [-0.4, -0.2) is 36.1 Å². The van der Waals surface area contributed by atoms with E-state index in [-0.39, 0.29) is 18.1 Å². The number of aliphatic hydroxyl groups is 1. The van der Waals surface area contributed by atoms with Crippen LogP contribution in [0.4, 0.5) is 0 Å². The van der Waals surface area contributed by atoms with Gasteiger partial charge in [-0.05, 0) is 41.5 Å². The molecule has 0 aromatic heterocycles. The van der Waals surface area contributed by atoms with Gasteiger partial charge in [0.05, 0.1) is 11.8 Å². The maximum atomic E-state index is 10.6. The van der Waals surface area contributed by atoms with E-state index in [0.717, 1.165) is 25.0 Å². The number of piperidine rings is 1. The van der Waals surface area contributed by atoms with E-state index in [1.165, 1.54) is 16.3 Å². The van der Waals surface area contributed by atoms with Crippen molar-refractivity contribution >= 4 is 16.5 Å². The van der Waals surface area contributed by atoms with Gasteiger partial charge in [-0.3, -0.25) is 0 Å². The van der Waals surface area contributed by atoms with E-state index in [2.05, 4.69) is 59.9 Å². The number of oxime groups is 1. The van der Waals surface area contributed by atoms with Gasteiger partial charge < -0.3 is 15.3 Å². The second kappa shape index (κ2) is 6.77. The Balaban J connectivity index is 1.77. The number of nitrogens with zero attached hydrogens (tertiary/aromatic N) is 1. The molecule has 3 unspecified atom stereocenters. The summed E-state index contributed by atoms with van der Waals surface area (Å²) < 4.78 is 0. The smallest absolute Gasteiger partial charge is 0.106 e. The Morgan fingerprint density at radius 1 is 1.20 bits per heavy atom. The summed E-state index contributed by atoms with van der Waals surface area (Å²) in [6, 6.07) is 15.7. The fraction of sp³-hybridized carbons (Fsp3) is 0.476. The van der Waals surface area contributed by atoms with Crippen molar-refractivity contribution in [3.63, 3.8) is 0 Å². The number of aliphatic hydroxyl groups excluding tert-OH is 1. The quantitative estimate of drug-likeness (QED) is 0.663. The van der Waals surface area contributed by atoms with E-state index < -0.39 is 0 Å². The molecule has 4 nitrogen and oxygen atoms in total. The molecule has 2 aliphatic heterocycles. The molecular weight excluding hydrogens is 312 g/mol. The largest absolute Gasteiger partial charge is 0.399 e. The molecule has 0 radical (unpaired) electrons. The van der Waals surface area contributed by atoms with E-state index in [1.54, 1.807) is 7.11 Å². The Bertz CT molecular complexity index is 788. The Labute approximate surface area is 148 Å². The first-order chi connectivity index (χ1) is 12.2. The third kappa shape index (κ3) is 2.94. The summed E-state index contributed by atoms with van der Waals surface area (Å²) in [5.74, 6) is 0.520. The van der Waals surface area contributed by atoms with Crippen LogP contribution in [0.15, 0.2) is 47.6 Å². The molecule has 25 heavy (non-hydrogen) atoms. The van der Waals surface area contributed by atoms with Crippen molar-refractivity contribution in [2.24, 2.45) is 11.1 Å². The predicted octanol–water partition coefficient (Wildman–Crippen LogP) is 3.45. The fourth-order valence-electron chi connectivity index (χ4n) is 4.80. The van der Waals surface area contributed by atoms with Crippen LogP contribution in [-0.2, 0) is 4.84 Å². The highest BCUT2D eigenvalue weighted by Crippen LogP contribution is 2.43. The second-order valence-corrected chi connectivity index (χ2v) is 7.29. The van der Waals surface area contributed by atoms with Crippen molar-refractivity contribution in [3.05, 3.63) is 48.0 Å². The summed E-state index contributed by atoms with van der Waals surface area (Å²) in [7, 11) is 1.60. The van der Waals surface area contributed by atoms with Crippen molar-refractivity contribution < 1.29 is 9.94 Å². The molecule has 2 aromatic rings. The summed E-state index contributed by atoms with van der Waals surface area (Å²) in [5.41, 5.74) is 2.38. The minimum absolute atomic E-state index is 0.0593. The van der Waals surface area contributed by atoms with Gasteiger partial charge in [-0.25, -0.2) is 0 Å². The number of hydrogen-bond acceptors (Lipinski definition) is 4. The zero-order chi connectivity index (χ0) is 17.4. The molecule has 0 amide bonds. The molecule has 5 atom stereocenters. The molecular formula is C21H26N2O2. The van der Waals surface area contributed by atoms with Gasteiger partial charge in [-0.1, -0.05) is 54.5 Å². The van der Waals surface area contributed by atoms with Crippen LogP contribution in [0.1, 0.15) is 37.7 Å². The third-order valence-corrected chi connectivity index (χ3v) is 5.88. The topological polar surface area (TPSA) is 53.9 Å². The standard InChI is InChI=1S/C21H26N2O2/c1-3-18(23-25-2)20-17(11-16-12-19(24)21(20)22-16)15-9-8-13-6-4-5-7-14(13)10-15/h4-10,16-17,19-22,24H,3,11-12H2,1-2H3/t16?,17?,19-,20+,21?/m0/s1. The third-order valence-electron chi connectivity index (χ3n) is 5.88. The van der Waals surface area contributed by atoms with E-state index in [1.807, 2.05) is 0 Å². The molecule has 0 aliphatic carbocycles. The Hall–Kier alpha value is -1.91. The van der Waals surface area contributed by atoms with Crippen molar-refractivity contribution in [2.45, 2.75) is 50.3 Å². The van der Waals surface area contributed by atoms with Gasteiger partial charge >= 0.3 is 0 Å². The minimum Gasteiger partial charge on any atom is -0.399 e. The highest BCUT2D eigenvalue weighted by atomic mass is 16.6. The monoisotopic (exact) mass is 338 g/mol. The highest BCUT2D eigenvalue weighted by Gasteiger charge is 2.48. The molecule has 2 saturated heterocycles. The van der Waals surface area contributed by atoms with Gasteiger partial charge in [0.15, 0.2) is 0 Å². The van der Waals surface area contributed by atoms with Crippen LogP contribution in [0.5, 0.6) is 0 Å². The van der Waals surface area contributed by atoms with E-state index in [4.69, 9.17) is 4.84 Å². The van der Waals surface area contributed by atoms with Crippen LogP contribution in [0.2, 0.25) is 0 Å². The Kier molecular flexibility index (Phi) is 4.48. The van der Waals surface area contributed by atoms with E-state index in [0.29, 0.717) is 12.0 Å². The van der Waals surface area contributed by atoms with Gasteiger partial charge in [0.25, 0.3) is 0 Å². The first-order valence-corrected chi connectivity index (χ1v) is 9.24. The average Bonchev–Trinajstić information content (AvgIpc) is 2.94. The summed E-state index contributed by atoms with van der Waals surface area (Å²) in [5, 5.41) is 21.0. The molecule has 2 heterocycles. The van der Waals surface area contributed by atoms with E-state index >= 15 is 0 Å². The van der Waals surface area contributed by atoms with Crippen LogP contribution in [0.25, 0.3) is 10.8 Å². The molecule has 4 rings (SSSR count). The molecule has 2 aliphatic rings. The lowest BCUT2D eigenvalue weighted by Gasteiger charge is -2.39. The molecule has 132 valence electrons. The first kappa shape index (κ1) is 16.6. The SMILES string of the molecule is CCC(=NOC)[C@H]1C(c2ccc3ccccc3c2)CC2C[C@H](O)C1N2. The number of nitrogens with one attached hydrogen (secondary N) is 1. The summed E-state index contributed by atoms with van der Waals surface area (Å²) in [6.07, 6.45) is 2.38. The van der Waals surface area contributed by atoms with Gasteiger partial charge in [-0.15, -0.1) is 0 Å². The zero-order valence-corrected chi connectivity index (χ0v) is 14.9. The van der Waals surface area contributed by atoms with Gasteiger partial charge in [0.1, 0.15) is 7.11 Å². The fourth-order valence-corrected chi connectivity index (χ4v) is 4.80. The maximum Gasteiger partial charge on any atom is 0.106 e. The molecule has 2 N–H and O–H groups in total. The molecule has 4 heteroatoms. The van der Waals surface area contributed by atoms with Gasteiger partial charge in [0, 0.05) is 18.0 Å². The Morgan fingerprint density at radius 2 is 2.00 bits per heavy atom. The van der Waals surface area contributed by atoms with Crippen LogP contribution in [0, 0.1) is 5.92 Å². The normalized spacial score (nSPS) is 32.1. The van der Waals surface area contributed by atoms with Crippen LogP contribution < -0.4 is 5.32 Å². The summed E-state index contributed by atoms with van der Waals surface area (Å²) >= 11 is 0. The van der Waals surface area contributed by atoms with E-state index in [9.17, 15) is 5.11 Å². The minimum atomic E-state index is -0.311. The number of fused-ring (bicyclic) bond motifs is 3. The lowest BCUT2D eigenvalue weighted by Crippen LogP contribution is -2.50. The van der Waals surface area contributed by atoms with Crippen molar-refractivity contribution in [3.8, 4) is 0 Å². The highest BCUT2D eigenvalue weighted by molar-refractivity contribution is 5.89. The zero-order valence-electron chi connectivity index (χ0n) is 14.9. The summed E-state index contributed by atoms with van der Waals surface area (Å²) in [4.78, 5) is 5.12. The lowest BCUT2D eigenvalue weighted by molar-refractivity contribution is 0.136. The average molecular weight is 338 g/mol. The number of benzene rings is 2. The molecule has 2 aromatic carbocycles.